The molecule has 1 saturated heterocycles. The van der Waals surface area contributed by atoms with Gasteiger partial charge in [0.15, 0.2) is 0 Å². The number of nitrogens with one attached hydrogen (secondary N) is 1. The number of carbonyl (C=O) groups excluding carboxylic acids is 1. The molecule has 1 aromatic heterocycles. The molecule has 1 aliphatic heterocycles. The Labute approximate surface area is 131 Å². The number of nitrogens with zero attached hydrogens (tertiary/aromatic N) is 1. The molecule has 22 heavy (non-hydrogen) atoms. The monoisotopic (exact) mass is 348 g/mol. The summed E-state index contributed by atoms with van der Waals surface area (Å²) in [5, 5.41) is 11.4. The van der Waals surface area contributed by atoms with E-state index in [9.17, 15) is 18.0 Å². The molecule has 2 rings (SSSR count). The van der Waals surface area contributed by atoms with Crippen LogP contribution in [0.4, 0.5) is 0 Å². The molecule has 0 aromatic carbocycles. The lowest BCUT2D eigenvalue weighted by Crippen LogP contribution is -2.49. The van der Waals surface area contributed by atoms with Gasteiger partial charge in [-0.2, -0.15) is 4.31 Å². The van der Waals surface area contributed by atoms with Crippen molar-refractivity contribution < 1.29 is 27.9 Å². The van der Waals surface area contributed by atoms with E-state index in [1.54, 1.807) is 0 Å². The molecule has 1 aromatic rings. The summed E-state index contributed by atoms with van der Waals surface area (Å²) in [6, 6.07) is 2.80. The lowest BCUT2D eigenvalue weighted by Gasteiger charge is -2.31. The predicted octanol–water partition coefficient (Wildman–Crippen LogP) is -0.163. The first kappa shape index (κ1) is 16.9. The van der Waals surface area contributed by atoms with Gasteiger partial charge in [-0.1, -0.05) is 0 Å². The van der Waals surface area contributed by atoms with Gasteiger partial charge in [0.1, 0.15) is 4.88 Å². The molecule has 8 nitrogen and oxygen atoms in total. The molecule has 2 N–H and O–H groups in total. The van der Waals surface area contributed by atoms with Gasteiger partial charge in [0.05, 0.1) is 23.8 Å². The highest BCUT2D eigenvalue weighted by Gasteiger charge is 2.26. The minimum Gasteiger partial charge on any atom is -0.477 e. The van der Waals surface area contributed by atoms with Gasteiger partial charge < -0.3 is 15.2 Å². The third-order valence-electron chi connectivity index (χ3n) is 3.10. The maximum atomic E-state index is 11.9. The van der Waals surface area contributed by atoms with Crippen LogP contribution in [0, 0.1) is 0 Å². The second kappa shape index (κ2) is 6.73. The molecule has 10 heteroatoms. The highest BCUT2D eigenvalue weighted by atomic mass is 32.2. The molecule has 0 aliphatic carbocycles. The normalized spacial score (nSPS) is 19.8. The second-order valence-corrected chi connectivity index (χ2v) is 7.86. The van der Waals surface area contributed by atoms with Gasteiger partial charge >= 0.3 is 5.97 Å². The van der Waals surface area contributed by atoms with Crippen molar-refractivity contribution in [2.24, 2.45) is 0 Å². The van der Waals surface area contributed by atoms with Gasteiger partial charge in [0.2, 0.25) is 10.0 Å². The number of thiophene rings is 1. The average molecular weight is 348 g/mol. The largest absolute Gasteiger partial charge is 0.477 e. The fourth-order valence-electron chi connectivity index (χ4n) is 1.99. The summed E-state index contributed by atoms with van der Waals surface area (Å²) in [5.74, 6) is -1.49. The lowest BCUT2D eigenvalue weighted by molar-refractivity contribution is 0.000460. The minimum atomic E-state index is -3.28. The third kappa shape index (κ3) is 4.26. The summed E-state index contributed by atoms with van der Waals surface area (Å²) in [7, 11) is -3.28. The Morgan fingerprint density at radius 3 is 2.73 bits per heavy atom. The number of hydrogen-bond acceptors (Lipinski definition) is 6. The van der Waals surface area contributed by atoms with Crippen LogP contribution >= 0.6 is 11.3 Å². The summed E-state index contributed by atoms with van der Waals surface area (Å²) in [5.41, 5.74) is 0. The van der Waals surface area contributed by atoms with Crippen molar-refractivity contribution in [2.45, 2.75) is 6.10 Å². The fraction of sp³-hybridized carbons (Fsp3) is 0.500. The topological polar surface area (TPSA) is 113 Å². The van der Waals surface area contributed by atoms with E-state index >= 15 is 0 Å². The first-order valence-electron chi connectivity index (χ1n) is 6.45. The number of ether oxygens (including phenoxy) is 1. The van der Waals surface area contributed by atoms with E-state index in [1.807, 2.05) is 0 Å². The molecule has 0 unspecified atom stereocenters. The Balaban J connectivity index is 1.89. The van der Waals surface area contributed by atoms with Crippen LogP contribution in [0.5, 0.6) is 0 Å². The SMILES string of the molecule is CS(=O)(=O)N1CCO[C@H](CNC(=O)c2ccc(C(=O)O)s2)C1. The van der Waals surface area contributed by atoms with Crippen LogP contribution in [0.15, 0.2) is 12.1 Å². The zero-order valence-corrected chi connectivity index (χ0v) is 13.4. The smallest absolute Gasteiger partial charge is 0.345 e. The van der Waals surface area contributed by atoms with Crippen molar-refractivity contribution in [3.63, 3.8) is 0 Å². The van der Waals surface area contributed by atoms with Crippen LogP contribution < -0.4 is 5.32 Å². The molecular formula is C12H16N2O6S2. The fourth-order valence-corrected chi connectivity index (χ4v) is 3.59. The Morgan fingerprint density at radius 2 is 2.14 bits per heavy atom. The molecule has 0 saturated carbocycles. The van der Waals surface area contributed by atoms with Crippen LogP contribution in [0.2, 0.25) is 0 Å². The Bertz CT molecular complexity index is 669. The van der Waals surface area contributed by atoms with Gasteiger partial charge in [0.25, 0.3) is 5.91 Å². The van der Waals surface area contributed by atoms with E-state index in [0.717, 1.165) is 17.6 Å². The molecule has 1 aliphatic rings. The van der Waals surface area contributed by atoms with Crippen LogP contribution in [0.25, 0.3) is 0 Å². The van der Waals surface area contributed by atoms with E-state index in [4.69, 9.17) is 9.84 Å². The maximum Gasteiger partial charge on any atom is 0.345 e. The minimum absolute atomic E-state index is 0.0855. The van der Waals surface area contributed by atoms with E-state index in [-0.39, 0.29) is 29.5 Å². The number of carboxylic acids is 1. The summed E-state index contributed by atoms with van der Waals surface area (Å²) in [6.07, 6.45) is 0.707. The number of carboxylic acid groups (broad SMARTS) is 1. The molecule has 1 amide bonds. The molecule has 2 heterocycles. The van der Waals surface area contributed by atoms with Crippen molar-refractivity contribution in [3.8, 4) is 0 Å². The molecule has 122 valence electrons. The quantitative estimate of drug-likeness (QED) is 0.764. The van der Waals surface area contributed by atoms with Crippen molar-refractivity contribution >= 4 is 33.2 Å². The summed E-state index contributed by atoms with van der Waals surface area (Å²) < 4.78 is 29.7. The first-order valence-corrected chi connectivity index (χ1v) is 9.12. The maximum absolute atomic E-state index is 11.9. The van der Waals surface area contributed by atoms with Crippen molar-refractivity contribution in [1.82, 2.24) is 9.62 Å². The second-order valence-electron chi connectivity index (χ2n) is 4.79. The molecule has 0 radical (unpaired) electrons. The van der Waals surface area contributed by atoms with Gasteiger partial charge in [-0.05, 0) is 12.1 Å². The third-order valence-corrected chi connectivity index (χ3v) is 5.44. The Kier molecular flexibility index (Phi) is 5.16. The van der Waals surface area contributed by atoms with Crippen LogP contribution in [0.3, 0.4) is 0 Å². The molecule has 0 spiro atoms. The van der Waals surface area contributed by atoms with Gasteiger partial charge in [0, 0.05) is 19.6 Å². The van der Waals surface area contributed by atoms with E-state index in [1.165, 1.54) is 16.4 Å². The van der Waals surface area contributed by atoms with Crippen LogP contribution in [0.1, 0.15) is 19.3 Å². The Morgan fingerprint density at radius 1 is 1.45 bits per heavy atom. The number of aromatic carboxylic acids is 1. The molecule has 1 fully saturated rings. The zero-order valence-electron chi connectivity index (χ0n) is 11.8. The Hall–Kier alpha value is -1.49. The van der Waals surface area contributed by atoms with Crippen LogP contribution in [-0.4, -0.2) is 68.3 Å². The zero-order chi connectivity index (χ0) is 16.3. The number of morpholine rings is 1. The van der Waals surface area contributed by atoms with Crippen molar-refractivity contribution in [1.29, 1.82) is 0 Å². The van der Waals surface area contributed by atoms with E-state index < -0.39 is 28.0 Å². The lowest BCUT2D eigenvalue weighted by atomic mass is 10.3. The summed E-state index contributed by atoms with van der Waals surface area (Å²) >= 11 is 0.882. The standard InChI is InChI=1S/C12H16N2O6S2/c1-22(18,19)14-4-5-20-8(7-14)6-13-11(15)9-2-3-10(21-9)12(16)17/h2-3,8H,4-7H2,1H3,(H,13,15)(H,16,17)/t8-/m1/s1. The highest BCUT2D eigenvalue weighted by molar-refractivity contribution is 7.88. The summed E-state index contributed by atoms with van der Waals surface area (Å²) in [4.78, 5) is 23.1. The number of rotatable bonds is 5. The van der Waals surface area contributed by atoms with E-state index in [0.29, 0.717) is 6.54 Å². The number of carbonyl (C=O) groups is 2. The number of amides is 1. The average Bonchev–Trinajstić information content (AvgIpc) is 2.94. The number of sulfonamides is 1. The molecular weight excluding hydrogens is 332 g/mol. The summed E-state index contributed by atoms with van der Waals surface area (Å²) in [6.45, 7) is 0.918. The first-order chi connectivity index (χ1) is 10.3. The van der Waals surface area contributed by atoms with Crippen molar-refractivity contribution in [3.05, 3.63) is 21.9 Å². The van der Waals surface area contributed by atoms with Gasteiger partial charge in [-0.3, -0.25) is 4.79 Å². The van der Waals surface area contributed by atoms with E-state index in [2.05, 4.69) is 5.32 Å². The van der Waals surface area contributed by atoms with Gasteiger partial charge in [-0.15, -0.1) is 11.3 Å². The number of hydrogen-bond donors (Lipinski definition) is 2. The van der Waals surface area contributed by atoms with Gasteiger partial charge in [-0.25, -0.2) is 13.2 Å². The molecule has 0 bridgehead atoms. The highest BCUT2D eigenvalue weighted by Crippen LogP contribution is 2.16. The predicted molar refractivity (Wildman–Crippen MR) is 79.8 cm³/mol. The van der Waals surface area contributed by atoms with Crippen LogP contribution in [-0.2, 0) is 14.8 Å². The molecule has 1 atom stereocenters. The van der Waals surface area contributed by atoms with Crippen molar-refractivity contribution in [2.75, 3.05) is 32.5 Å².